The molecule has 4 nitrogen and oxygen atoms in total. The Balaban J connectivity index is 1.71. The van der Waals surface area contributed by atoms with Crippen molar-refractivity contribution in [3.8, 4) is 5.75 Å². The average molecular weight is 344 g/mol. The standard InChI is InChI=1S/C21H32N2O2/c1-22(18-8-5-6-9-18)16-21(24)23-15-7-3-4-10-20(23)17-11-13-19(25-2)14-12-17/h11-14,18,20H,3-10,15-16H2,1-2H3. The minimum absolute atomic E-state index is 0.206. The number of likely N-dealkylation sites (N-methyl/N-ethyl adjacent to an activating group) is 1. The van der Waals surface area contributed by atoms with Crippen LogP contribution >= 0.6 is 0 Å². The maximum atomic E-state index is 13.1. The van der Waals surface area contributed by atoms with Crippen molar-refractivity contribution in [3.63, 3.8) is 0 Å². The van der Waals surface area contributed by atoms with E-state index >= 15 is 0 Å². The van der Waals surface area contributed by atoms with Crippen molar-refractivity contribution in [2.24, 2.45) is 0 Å². The molecule has 3 rings (SSSR count). The third kappa shape index (κ3) is 4.55. The molecule has 1 aromatic rings. The summed E-state index contributed by atoms with van der Waals surface area (Å²) in [6, 6.07) is 9.06. The lowest BCUT2D eigenvalue weighted by atomic mass is 10.0. The van der Waals surface area contributed by atoms with E-state index in [1.165, 1.54) is 44.1 Å². The Morgan fingerprint density at radius 3 is 2.44 bits per heavy atom. The molecule has 1 unspecified atom stereocenters. The zero-order chi connectivity index (χ0) is 17.6. The second-order valence-electron chi connectivity index (χ2n) is 7.58. The third-order valence-electron chi connectivity index (χ3n) is 5.91. The van der Waals surface area contributed by atoms with Crippen LogP contribution in [0.1, 0.15) is 63.0 Å². The van der Waals surface area contributed by atoms with E-state index in [4.69, 9.17) is 4.74 Å². The predicted octanol–water partition coefficient (Wildman–Crippen LogP) is 4.01. The maximum Gasteiger partial charge on any atom is 0.237 e. The lowest BCUT2D eigenvalue weighted by molar-refractivity contribution is -0.135. The summed E-state index contributed by atoms with van der Waals surface area (Å²) in [6.45, 7) is 1.44. The molecule has 1 aromatic carbocycles. The number of hydrogen-bond acceptors (Lipinski definition) is 3. The van der Waals surface area contributed by atoms with Gasteiger partial charge in [0.25, 0.3) is 0 Å². The molecule has 0 N–H and O–H groups in total. The monoisotopic (exact) mass is 344 g/mol. The van der Waals surface area contributed by atoms with Crippen LogP contribution in [0.2, 0.25) is 0 Å². The average Bonchev–Trinajstić information content (AvgIpc) is 3.06. The first-order valence-electron chi connectivity index (χ1n) is 9.82. The van der Waals surface area contributed by atoms with E-state index in [-0.39, 0.29) is 11.9 Å². The first kappa shape index (κ1) is 18.2. The summed E-state index contributed by atoms with van der Waals surface area (Å²) < 4.78 is 5.28. The predicted molar refractivity (Wildman–Crippen MR) is 101 cm³/mol. The molecular formula is C21H32N2O2. The Morgan fingerprint density at radius 1 is 1.08 bits per heavy atom. The van der Waals surface area contributed by atoms with Crippen molar-refractivity contribution in [2.45, 2.75) is 63.5 Å². The SMILES string of the molecule is COc1ccc(C2CCCCCN2C(=O)CN(C)C2CCCC2)cc1. The van der Waals surface area contributed by atoms with Crippen molar-refractivity contribution in [1.29, 1.82) is 0 Å². The molecule has 1 amide bonds. The fourth-order valence-electron chi connectivity index (χ4n) is 4.36. The van der Waals surface area contributed by atoms with E-state index in [2.05, 4.69) is 29.0 Å². The van der Waals surface area contributed by atoms with E-state index in [1.807, 2.05) is 12.1 Å². The summed E-state index contributed by atoms with van der Waals surface area (Å²) in [5.74, 6) is 1.16. The van der Waals surface area contributed by atoms with Gasteiger partial charge in [-0.15, -0.1) is 0 Å². The van der Waals surface area contributed by atoms with Crippen LogP contribution in [-0.4, -0.2) is 49.0 Å². The highest BCUT2D eigenvalue weighted by atomic mass is 16.5. The van der Waals surface area contributed by atoms with Gasteiger partial charge in [0.05, 0.1) is 19.7 Å². The van der Waals surface area contributed by atoms with E-state index < -0.39 is 0 Å². The van der Waals surface area contributed by atoms with Crippen LogP contribution in [-0.2, 0) is 4.79 Å². The van der Waals surface area contributed by atoms with Gasteiger partial charge in [0, 0.05) is 12.6 Å². The Morgan fingerprint density at radius 2 is 1.76 bits per heavy atom. The second-order valence-corrected chi connectivity index (χ2v) is 7.58. The van der Waals surface area contributed by atoms with Gasteiger partial charge in [-0.2, -0.15) is 0 Å². The minimum atomic E-state index is 0.206. The molecule has 1 saturated heterocycles. The molecule has 4 heteroatoms. The number of methoxy groups -OCH3 is 1. The number of ether oxygens (including phenoxy) is 1. The first-order chi connectivity index (χ1) is 12.2. The van der Waals surface area contributed by atoms with Crippen molar-refractivity contribution >= 4 is 5.91 Å². The second kappa shape index (κ2) is 8.70. The number of hydrogen-bond donors (Lipinski definition) is 0. The number of amides is 1. The maximum absolute atomic E-state index is 13.1. The minimum Gasteiger partial charge on any atom is -0.497 e. The summed E-state index contributed by atoms with van der Waals surface area (Å²) in [7, 11) is 3.81. The van der Waals surface area contributed by atoms with E-state index in [1.54, 1.807) is 7.11 Å². The summed E-state index contributed by atoms with van der Waals surface area (Å²) >= 11 is 0. The van der Waals surface area contributed by atoms with E-state index in [0.29, 0.717) is 12.6 Å². The Hall–Kier alpha value is -1.55. The molecule has 2 fully saturated rings. The highest BCUT2D eigenvalue weighted by Crippen LogP contribution is 2.31. The van der Waals surface area contributed by atoms with Crippen LogP contribution in [0, 0.1) is 0 Å². The highest BCUT2D eigenvalue weighted by Gasteiger charge is 2.29. The number of likely N-dealkylation sites (tertiary alicyclic amines) is 1. The molecule has 25 heavy (non-hydrogen) atoms. The van der Waals surface area contributed by atoms with Gasteiger partial charge >= 0.3 is 0 Å². The van der Waals surface area contributed by atoms with Gasteiger partial charge in [0.1, 0.15) is 5.75 Å². The molecular weight excluding hydrogens is 312 g/mol. The van der Waals surface area contributed by atoms with Crippen LogP contribution in [0.25, 0.3) is 0 Å². The Kier molecular flexibility index (Phi) is 6.35. The zero-order valence-corrected chi connectivity index (χ0v) is 15.7. The summed E-state index contributed by atoms with van der Waals surface area (Å²) in [5.41, 5.74) is 1.24. The fourth-order valence-corrected chi connectivity index (χ4v) is 4.36. The van der Waals surface area contributed by atoms with Crippen LogP contribution in [0.5, 0.6) is 5.75 Å². The fraction of sp³-hybridized carbons (Fsp3) is 0.667. The lowest BCUT2D eigenvalue weighted by Crippen LogP contribution is -2.43. The number of benzene rings is 1. The normalized spacial score (nSPS) is 22.2. The lowest BCUT2D eigenvalue weighted by Gasteiger charge is -2.33. The quantitative estimate of drug-likeness (QED) is 0.809. The molecule has 0 radical (unpaired) electrons. The third-order valence-corrected chi connectivity index (χ3v) is 5.91. The number of nitrogens with zero attached hydrogens (tertiary/aromatic N) is 2. The smallest absolute Gasteiger partial charge is 0.237 e. The van der Waals surface area contributed by atoms with Gasteiger partial charge in [-0.3, -0.25) is 9.69 Å². The van der Waals surface area contributed by atoms with E-state index in [0.717, 1.165) is 25.1 Å². The summed E-state index contributed by atoms with van der Waals surface area (Å²) in [6.07, 6.45) is 9.69. The van der Waals surface area contributed by atoms with Gasteiger partial charge in [0.15, 0.2) is 0 Å². The topological polar surface area (TPSA) is 32.8 Å². The van der Waals surface area contributed by atoms with E-state index in [9.17, 15) is 4.79 Å². The van der Waals surface area contributed by atoms with Gasteiger partial charge in [-0.25, -0.2) is 0 Å². The molecule has 0 bridgehead atoms. The van der Waals surface area contributed by atoms with Crippen molar-refractivity contribution in [3.05, 3.63) is 29.8 Å². The van der Waals surface area contributed by atoms with Gasteiger partial charge in [-0.05, 0) is 50.4 Å². The van der Waals surface area contributed by atoms with Crippen LogP contribution in [0.4, 0.5) is 0 Å². The zero-order valence-electron chi connectivity index (χ0n) is 15.7. The number of rotatable bonds is 5. The number of carbonyl (C=O) groups excluding carboxylic acids is 1. The summed E-state index contributed by atoms with van der Waals surface area (Å²) in [5, 5.41) is 0. The molecule has 138 valence electrons. The first-order valence-corrected chi connectivity index (χ1v) is 9.82. The van der Waals surface area contributed by atoms with Gasteiger partial charge in [-0.1, -0.05) is 37.8 Å². The molecule has 1 aliphatic carbocycles. The molecule has 1 atom stereocenters. The summed E-state index contributed by atoms with van der Waals surface area (Å²) in [4.78, 5) is 17.5. The molecule has 2 aliphatic rings. The van der Waals surface area contributed by atoms with Crippen LogP contribution in [0.3, 0.4) is 0 Å². The molecule has 0 spiro atoms. The van der Waals surface area contributed by atoms with Gasteiger partial charge < -0.3 is 9.64 Å². The van der Waals surface area contributed by atoms with Crippen LogP contribution < -0.4 is 4.74 Å². The Labute approximate surface area is 152 Å². The Bertz CT molecular complexity index is 552. The van der Waals surface area contributed by atoms with Crippen molar-refractivity contribution < 1.29 is 9.53 Å². The molecule has 1 saturated carbocycles. The van der Waals surface area contributed by atoms with Crippen molar-refractivity contribution in [1.82, 2.24) is 9.80 Å². The number of carbonyl (C=O) groups is 1. The molecule has 1 heterocycles. The van der Waals surface area contributed by atoms with Crippen LogP contribution in [0.15, 0.2) is 24.3 Å². The van der Waals surface area contributed by atoms with Gasteiger partial charge in [0.2, 0.25) is 5.91 Å². The molecule has 1 aliphatic heterocycles. The highest BCUT2D eigenvalue weighted by molar-refractivity contribution is 5.79. The largest absolute Gasteiger partial charge is 0.497 e. The van der Waals surface area contributed by atoms with Crippen molar-refractivity contribution in [2.75, 3.05) is 27.2 Å². The molecule has 0 aromatic heterocycles.